The van der Waals surface area contributed by atoms with Gasteiger partial charge < -0.3 is 20.3 Å². The van der Waals surface area contributed by atoms with Crippen molar-refractivity contribution >= 4 is 11.9 Å². The number of ether oxygens (including phenoxy) is 1. The molecular formula is C25H49NO5. The average molecular weight is 444 g/mol. The molecule has 0 aromatic heterocycles. The first-order valence-electron chi connectivity index (χ1n) is 12.6. The summed E-state index contributed by atoms with van der Waals surface area (Å²) in [5.41, 5.74) is -0.866. The van der Waals surface area contributed by atoms with E-state index in [2.05, 4.69) is 12.2 Å². The van der Waals surface area contributed by atoms with Gasteiger partial charge in [-0.3, -0.25) is 9.59 Å². The Kier molecular flexibility index (Phi) is 18.8. The predicted octanol–water partition coefficient (Wildman–Crippen LogP) is 4.90. The van der Waals surface area contributed by atoms with E-state index in [1.807, 2.05) is 0 Å². The second-order valence-corrected chi connectivity index (χ2v) is 9.41. The summed E-state index contributed by atoms with van der Waals surface area (Å²) in [6.07, 6.45) is 15.9. The molecule has 0 aliphatic carbocycles. The highest BCUT2D eigenvalue weighted by Crippen LogP contribution is 2.22. The third kappa shape index (κ3) is 17.1. The maximum atomic E-state index is 12.0. The molecule has 1 amide bonds. The Morgan fingerprint density at radius 1 is 0.839 bits per heavy atom. The first-order chi connectivity index (χ1) is 14.8. The van der Waals surface area contributed by atoms with Crippen molar-refractivity contribution < 1.29 is 24.5 Å². The SMILES string of the molecule is CCCCCCCCCCCCCCCC(=O)OCC(C)(C)C(O)C(=O)NCCCO. The van der Waals surface area contributed by atoms with E-state index in [-0.39, 0.29) is 19.2 Å². The molecule has 0 aliphatic rings. The third-order valence-electron chi connectivity index (χ3n) is 5.71. The summed E-state index contributed by atoms with van der Waals surface area (Å²) in [6, 6.07) is 0. The van der Waals surface area contributed by atoms with Crippen LogP contribution in [-0.4, -0.2) is 48.0 Å². The van der Waals surface area contributed by atoms with Crippen LogP contribution < -0.4 is 5.32 Å². The van der Waals surface area contributed by atoms with Crippen molar-refractivity contribution in [2.24, 2.45) is 5.41 Å². The van der Waals surface area contributed by atoms with Crippen molar-refractivity contribution in [1.29, 1.82) is 0 Å². The van der Waals surface area contributed by atoms with Crippen molar-refractivity contribution in [3.63, 3.8) is 0 Å². The van der Waals surface area contributed by atoms with Crippen LogP contribution in [0.5, 0.6) is 0 Å². The smallest absolute Gasteiger partial charge is 0.305 e. The zero-order valence-electron chi connectivity index (χ0n) is 20.4. The molecule has 3 N–H and O–H groups in total. The number of hydrogen-bond donors (Lipinski definition) is 3. The van der Waals surface area contributed by atoms with Crippen molar-refractivity contribution in [2.45, 2.75) is 123 Å². The van der Waals surface area contributed by atoms with Gasteiger partial charge in [0, 0.05) is 25.0 Å². The number of hydrogen-bond acceptors (Lipinski definition) is 5. The second kappa shape index (κ2) is 19.5. The molecule has 0 radical (unpaired) electrons. The molecule has 0 aliphatic heterocycles. The molecule has 31 heavy (non-hydrogen) atoms. The molecule has 1 atom stereocenters. The van der Waals surface area contributed by atoms with Crippen molar-refractivity contribution in [3.05, 3.63) is 0 Å². The standard InChI is InChI=1S/C25H49NO5/c1-4-5-6-7-8-9-10-11-12-13-14-15-16-18-22(28)31-21-25(2,3)23(29)24(30)26-19-17-20-27/h23,27,29H,4-21H2,1-3H3,(H,26,30). The normalized spacial score (nSPS) is 12.5. The molecule has 0 spiro atoms. The van der Waals surface area contributed by atoms with Gasteiger partial charge >= 0.3 is 5.97 Å². The molecule has 0 saturated heterocycles. The van der Waals surface area contributed by atoms with Crippen LogP contribution in [-0.2, 0) is 14.3 Å². The monoisotopic (exact) mass is 443 g/mol. The lowest BCUT2D eigenvalue weighted by molar-refractivity contribution is -0.153. The van der Waals surface area contributed by atoms with Gasteiger partial charge in [-0.15, -0.1) is 0 Å². The second-order valence-electron chi connectivity index (χ2n) is 9.41. The number of unbranched alkanes of at least 4 members (excludes halogenated alkanes) is 12. The number of esters is 1. The Morgan fingerprint density at radius 3 is 1.81 bits per heavy atom. The van der Waals surface area contributed by atoms with Gasteiger partial charge in [0.15, 0.2) is 0 Å². The number of carbonyl (C=O) groups is 2. The van der Waals surface area contributed by atoms with Crippen LogP contribution in [0.15, 0.2) is 0 Å². The van der Waals surface area contributed by atoms with E-state index in [4.69, 9.17) is 9.84 Å². The van der Waals surface area contributed by atoms with Gasteiger partial charge in [-0.1, -0.05) is 97.8 Å². The first kappa shape index (κ1) is 29.9. The van der Waals surface area contributed by atoms with E-state index >= 15 is 0 Å². The number of carbonyl (C=O) groups excluding carboxylic acids is 2. The molecule has 0 heterocycles. The summed E-state index contributed by atoms with van der Waals surface area (Å²) < 4.78 is 5.29. The molecule has 0 fully saturated rings. The highest BCUT2D eigenvalue weighted by molar-refractivity contribution is 5.81. The van der Waals surface area contributed by atoms with E-state index in [0.717, 1.165) is 19.3 Å². The van der Waals surface area contributed by atoms with E-state index in [1.54, 1.807) is 13.8 Å². The van der Waals surface area contributed by atoms with Crippen LogP contribution in [0.25, 0.3) is 0 Å². The number of rotatable bonds is 21. The molecular weight excluding hydrogens is 394 g/mol. The average Bonchev–Trinajstić information content (AvgIpc) is 2.75. The number of amides is 1. The van der Waals surface area contributed by atoms with Crippen LogP contribution >= 0.6 is 0 Å². The minimum Gasteiger partial charge on any atom is -0.465 e. The summed E-state index contributed by atoms with van der Waals surface area (Å²) in [5.74, 6) is -0.782. The molecule has 0 rings (SSSR count). The Hall–Kier alpha value is -1.14. The van der Waals surface area contributed by atoms with Crippen LogP contribution in [0.4, 0.5) is 0 Å². The van der Waals surface area contributed by atoms with Crippen LogP contribution in [0.3, 0.4) is 0 Å². The maximum Gasteiger partial charge on any atom is 0.305 e. The van der Waals surface area contributed by atoms with Crippen LogP contribution in [0.2, 0.25) is 0 Å². The first-order valence-corrected chi connectivity index (χ1v) is 12.6. The Bertz CT molecular complexity index is 453. The van der Waals surface area contributed by atoms with Crippen molar-refractivity contribution in [3.8, 4) is 0 Å². The highest BCUT2D eigenvalue weighted by Gasteiger charge is 2.34. The lowest BCUT2D eigenvalue weighted by Gasteiger charge is -2.29. The molecule has 184 valence electrons. The lowest BCUT2D eigenvalue weighted by Crippen LogP contribution is -2.46. The fourth-order valence-corrected chi connectivity index (χ4v) is 3.45. The third-order valence-corrected chi connectivity index (χ3v) is 5.71. The predicted molar refractivity (Wildman–Crippen MR) is 126 cm³/mol. The van der Waals surface area contributed by atoms with Gasteiger partial charge in [-0.25, -0.2) is 0 Å². The van der Waals surface area contributed by atoms with Gasteiger partial charge in [0.2, 0.25) is 5.91 Å². The summed E-state index contributed by atoms with van der Waals surface area (Å²) >= 11 is 0. The zero-order chi connectivity index (χ0) is 23.4. The van der Waals surface area contributed by atoms with Crippen LogP contribution in [0, 0.1) is 5.41 Å². The Balaban J connectivity index is 3.67. The Morgan fingerprint density at radius 2 is 1.32 bits per heavy atom. The van der Waals surface area contributed by atoms with E-state index < -0.39 is 17.4 Å². The zero-order valence-corrected chi connectivity index (χ0v) is 20.4. The summed E-state index contributed by atoms with van der Waals surface area (Å²) in [5, 5.41) is 21.5. The molecule has 0 aromatic carbocycles. The molecule has 0 saturated carbocycles. The fraction of sp³-hybridized carbons (Fsp3) is 0.920. The van der Waals surface area contributed by atoms with E-state index in [1.165, 1.54) is 64.2 Å². The number of aliphatic hydroxyl groups excluding tert-OH is 2. The molecule has 1 unspecified atom stereocenters. The van der Waals surface area contributed by atoms with Gasteiger partial charge in [0.1, 0.15) is 6.10 Å². The Labute approximate surface area is 190 Å². The number of nitrogens with one attached hydrogen (secondary N) is 1. The molecule has 6 heteroatoms. The van der Waals surface area contributed by atoms with E-state index in [0.29, 0.717) is 19.4 Å². The minimum absolute atomic E-state index is 0.00113. The van der Waals surface area contributed by atoms with Crippen LogP contribution in [0.1, 0.15) is 117 Å². The molecule has 0 aromatic rings. The fourth-order valence-electron chi connectivity index (χ4n) is 3.45. The van der Waals surface area contributed by atoms with Gasteiger partial charge in [-0.05, 0) is 12.8 Å². The largest absolute Gasteiger partial charge is 0.465 e. The van der Waals surface area contributed by atoms with Crippen molar-refractivity contribution in [2.75, 3.05) is 19.8 Å². The molecule has 0 bridgehead atoms. The van der Waals surface area contributed by atoms with Gasteiger partial charge in [0.25, 0.3) is 0 Å². The molecule has 6 nitrogen and oxygen atoms in total. The summed E-state index contributed by atoms with van der Waals surface area (Å²) in [7, 11) is 0. The van der Waals surface area contributed by atoms with Gasteiger partial charge in [-0.2, -0.15) is 0 Å². The van der Waals surface area contributed by atoms with Crippen molar-refractivity contribution in [1.82, 2.24) is 5.32 Å². The quantitative estimate of drug-likeness (QED) is 0.173. The topological polar surface area (TPSA) is 95.9 Å². The number of aliphatic hydroxyl groups is 2. The lowest BCUT2D eigenvalue weighted by atomic mass is 9.87. The summed E-state index contributed by atoms with van der Waals surface area (Å²) in [6.45, 7) is 5.93. The van der Waals surface area contributed by atoms with Gasteiger partial charge in [0.05, 0.1) is 6.61 Å². The maximum absolute atomic E-state index is 12.0. The summed E-state index contributed by atoms with van der Waals surface area (Å²) in [4.78, 5) is 23.9. The van der Waals surface area contributed by atoms with E-state index in [9.17, 15) is 14.7 Å². The highest BCUT2D eigenvalue weighted by atomic mass is 16.5. The minimum atomic E-state index is -1.27.